The number of allylic oxidation sites excluding steroid dienone is 1. The molecule has 304 valence electrons. The van der Waals surface area contributed by atoms with Crippen LogP contribution in [0.3, 0.4) is 0 Å². The Morgan fingerprint density at radius 2 is 1.81 bits per heavy atom. The van der Waals surface area contributed by atoms with Crippen molar-refractivity contribution >= 4 is 18.2 Å². The lowest BCUT2D eigenvalue weighted by Crippen LogP contribution is -2.47. The van der Waals surface area contributed by atoms with Gasteiger partial charge in [0.2, 0.25) is 0 Å². The first kappa shape index (κ1) is 40.1. The highest BCUT2D eigenvalue weighted by Crippen LogP contribution is 2.49. The van der Waals surface area contributed by atoms with Gasteiger partial charge in [-0.1, -0.05) is 101 Å². The van der Waals surface area contributed by atoms with Crippen LogP contribution >= 0.6 is 0 Å². The molecule has 0 saturated heterocycles. The Balaban J connectivity index is 1.13. The van der Waals surface area contributed by atoms with Crippen LogP contribution in [0.5, 0.6) is 11.5 Å². The predicted molar refractivity (Wildman–Crippen MR) is 227 cm³/mol. The molecule has 1 spiro atoms. The largest absolute Gasteiger partial charge is 0.465 e. The summed E-state index contributed by atoms with van der Waals surface area (Å²) in [4.78, 5) is 25.3. The molecule has 0 aromatic heterocycles. The molecule has 2 aromatic rings. The highest BCUT2D eigenvalue weighted by Gasteiger charge is 2.48. The fourth-order valence-corrected chi connectivity index (χ4v) is 9.92. The van der Waals surface area contributed by atoms with E-state index in [-0.39, 0.29) is 11.7 Å². The van der Waals surface area contributed by atoms with Crippen LogP contribution in [0.1, 0.15) is 137 Å². The van der Waals surface area contributed by atoms with Crippen molar-refractivity contribution in [2.75, 3.05) is 6.54 Å². The minimum atomic E-state index is -1.04. The van der Waals surface area contributed by atoms with Crippen LogP contribution in [0.4, 0.5) is 0 Å². The fourth-order valence-electron chi connectivity index (χ4n) is 9.92. The smallest absolute Gasteiger partial charge is 0.187 e. The molecular formula is C49H58N4O5. The number of fused-ring (bicyclic) bond motifs is 8. The number of benzene rings is 2. The van der Waals surface area contributed by atoms with E-state index in [4.69, 9.17) is 20.2 Å². The number of aliphatic hydroxyl groups is 2. The Morgan fingerprint density at radius 3 is 2.62 bits per heavy atom. The number of hydrogen-bond acceptors (Lipinski definition) is 9. The number of hydrogen-bond donors (Lipinski definition) is 3. The molecule has 5 heterocycles. The molecule has 1 saturated carbocycles. The number of carbonyl (C=O) groups is 1. The van der Waals surface area contributed by atoms with Gasteiger partial charge in [-0.3, -0.25) is 14.8 Å². The first-order valence-corrected chi connectivity index (χ1v) is 21.8. The van der Waals surface area contributed by atoms with E-state index in [0.29, 0.717) is 50.1 Å². The average molecular weight is 783 g/mol. The molecule has 58 heavy (non-hydrogen) atoms. The molecule has 9 nitrogen and oxygen atoms in total. The molecule has 0 amide bonds. The van der Waals surface area contributed by atoms with E-state index in [9.17, 15) is 15.0 Å². The van der Waals surface area contributed by atoms with Crippen molar-refractivity contribution in [2.45, 2.75) is 141 Å². The zero-order valence-electron chi connectivity index (χ0n) is 34.1. The summed E-state index contributed by atoms with van der Waals surface area (Å²) < 4.78 is 13.3. The van der Waals surface area contributed by atoms with Crippen LogP contribution in [0.25, 0.3) is 0 Å². The quantitative estimate of drug-likeness (QED) is 0.139. The normalized spacial score (nSPS) is 24.4. The number of Topliss-reactive ketones (excluding diaryl/α,β-unsaturated/α-hetero) is 1. The number of aliphatic hydroxyl groups excluding tert-OH is 2. The SMILES string of the molecule is CCCCCC(O)C(CCCCC)C(=O)CCc1ccc2c(c1)OC1C(C#CC(O)c3ccc4c(c3CC3=C5CN1C=C5N=C3)CC=NC4N)C1(C#CO2)CCCC1. The summed E-state index contributed by atoms with van der Waals surface area (Å²) in [5.41, 5.74) is 13.9. The molecule has 1 aliphatic carbocycles. The molecule has 6 atom stereocenters. The van der Waals surface area contributed by atoms with Crippen molar-refractivity contribution in [3.8, 4) is 35.4 Å². The lowest BCUT2D eigenvalue weighted by molar-refractivity contribution is -0.126. The second-order valence-electron chi connectivity index (χ2n) is 17.1. The molecule has 9 heteroatoms. The number of nitrogens with zero attached hydrogens (tertiary/aromatic N) is 3. The van der Waals surface area contributed by atoms with E-state index in [1.165, 1.54) is 0 Å². The van der Waals surface area contributed by atoms with Crippen molar-refractivity contribution in [2.24, 2.45) is 33.0 Å². The van der Waals surface area contributed by atoms with Crippen LogP contribution in [0.15, 0.2) is 63.4 Å². The van der Waals surface area contributed by atoms with Gasteiger partial charge in [0.15, 0.2) is 17.7 Å². The van der Waals surface area contributed by atoms with Gasteiger partial charge < -0.3 is 30.3 Å². The summed E-state index contributed by atoms with van der Waals surface area (Å²) in [6, 6.07) is 9.82. The molecule has 6 unspecified atom stereocenters. The second-order valence-corrected chi connectivity index (χ2v) is 17.1. The van der Waals surface area contributed by atoms with Gasteiger partial charge >= 0.3 is 0 Å². The zero-order valence-corrected chi connectivity index (χ0v) is 34.1. The van der Waals surface area contributed by atoms with Gasteiger partial charge in [0.1, 0.15) is 24.2 Å². The maximum atomic E-state index is 13.8. The highest BCUT2D eigenvalue weighted by molar-refractivity contribution is 5.88. The lowest BCUT2D eigenvalue weighted by Gasteiger charge is -2.39. The number of nitrogens with two attached hydrogens (primary N) is 1. The summed E-state index contributed by atoms with van der Waals surface area (Å²) in [6.07, 6.45) is 19.7. The summed E-state index contributed by atoms with van der Waals surface area (Å²) in [6.45, 7) is 4.91. The predicted octanol–water partition coefficient (Wildman–Crippen LogP) is 7.98. The van der Waals surface area contributed by atoms with Gasteiger partial charge in [-0.25, -0.2) is 0 Å². The van der Waals surface area contributed by atoms with Gasteiger partial charge in [-0.15, -0.1) is 0 Å². The average Bonchev–Trinajstić information content (AvgIpc) is 3.97. The molecule has 2 aromatic carbocycles. The molecule has 0 radical (unpaired) electrons. The second kappa shape index (κ2) is 17.7. The topological polar surface area (TPSA) is 130 Å². The Labute approximate surface area is 343 Å². The molecule has 6 aliphatic rings. The molecule has 5 aliphatic heterocycles. The number of carbonyl (C=O) groups excluding carboxylic acids is 1. The summed E-state index contributed by atoms with van der Waals surface area (Å²) >= 11 is 0. The number of aliphatic imine (C=N–C) groups is 2. The fraction of sp³-hybridized carbons (Fsp3) is 0.531. The lowest BCUT2D eigenvalue weighted by atomic mass is 9.73. The number of ether oxygens (including phenoxy) is 2. The Hall–Kier alpha value is -4.67. The Kier molecular flexibility index (Phi) is 12.2. The maximum absolute atomic E-state index is 13.8. The number of ketones is 1. The van der Waals surface area contributed by atoms with E-state index in [1.807, 2.05) is 42.8 Å². The van der Waals surface area contributed by atoms with Crippen molar-refractivity contribution in [1.29, 1.82) is 0 Å². The van der Waals surface area contributed by atoms with Crippen LogP contribution in [0, 0.1) is 41.1 Å². The van der Waals surface area contributed by atoms with Crippen LogP contribution in [-0.4, -0.2) is 52.2 Å². The van der Waals surface area contributed by atoms with Crippen molar-refractivity contribution in [3.63, 3.8) is 0 Å². The molecular weight excluding hydrogens is 725 g/mol. The number of unbranched alkanes of at least 4 members (excludes halogenated alkanes) is 4. The van der Waals surface area contributed by atoms with Gasteiger partial charge in [-0.05, 0) is 77.6 Å². The minimum absolute atomic E-state index is 0.126. The van der Waals surface area contributed by atoms with Gasteiger partial charge in [0.25, 0.3) is 0 Å². The van der Waals surface area contributed by atoms with E-state index < -0.39 is 35.9 Å². The van der Waals surface area contributed by atoms with Gasteiger partial charge in [0, 0.05) is 55.9 Å². The standard InChI is InChI=1S/C49H58N4O5/c1-3-5-7-11-37(42(54)12-8-6-4-2)44(56)18-13-32-14-20-45-46(27-32)58-48-40(49(24-26-57-45)22-9-10-23-49)17-19-43(55)35-15-16-36-34(21-25-51-47(36)50)38(35)28-33-29-52-41-31-53(48)30-39(33)41/h14-16,20,25,27,29,31,37,40,42-43,47-48,54-55H,3-13,18,21-23,28,30,50H2,1-2H3. The third-order valence-corrected chi connectivity index (χ3v) is 13.3. The van der Waals surface area contributed by atoms with E-state index in [0.717, 1.165) is 115 Å². The van der Waals surface area contributed by atoms with Gasteiger partial charge in [-0.2, -0.15) is 0 Å². The molecule has 1 fully saturated rings. The number of aryl methyl sites for hydroxylation is 1. The maximum Gasteiger partial charge on any atom is 0.187 e. The summed E-state index contributed by atoms with van der Waals surface area (Å²) in [5.74, 6) is 10.9. The van der Waals surface area contributed by atoms with E-state index in [1.54, 1.807) is 0 Å². The third-order valence-electron chi connectivity index (χ3n) is 13.3. The van der Waals surface area contributed by atoms with Gasteiger partial charge in [0.05, 0.1) is 23.1 Å². The third kappa shape index (κ3) is 8.15. The molecule has 4 N–H and O–H groups in total. The van der Waals surface area contributed by atoms with Crippen LogP contribution in [0.2, 0.25) is 0 Å². The monoisotopic (exact) mass is 782 g/mol. The minimum Gasteiger partial charge on any atom is -0.465 e. The Bertz CT molecular complexity index is 2140. The van der Waals surface area contributed by atoms with Crippen molar-refractivity contribution in [1.82, 2.24) is 4.90 Å². The Morgan fingerprint density at radius 1 is 1.02 bits per heavy atom. The van der Waals surface area contributed by atoms with Crippen molar-refractivity contribution < 1.29 is 24.5 Å². The van der Waals surface area contributed by atoms with E-state index >= 15 is 0 Å². The zero-order chi connectivity index (χ0) is 40.2. The van der Waals surface area contributed by atoms with Crippen molar-refractivity contribution in [3.05, 3.63) is 81.2 Å². The molecule has 2 bridgehead atoms. The van der Waals surface area contributed by atoms with Crippen LogP contribution in [-0.2, 0) is 24.1 Å². The summed E-state index contributed by atoms with van der Waals surface area (Å²) in [5, 5.41) is 23.1. The highest BCUT2D eigenvalue weighted by atomic mass is 16.5. The first-order valence-electron chi connectivity index (χ1n) is 21.8. The summed E-state index contributed by atoms with van der Waals surface area (Å²) in [7, 11) is 0. The van der Waals surface area contributed by atoms with E-state index in [2.05, 4.69) is 53.8 Å². The number of rotatable bonds is 13. The molecule has 8 rings (SSSR count). The van der Waals surface area contributed by atoms with Crippen LogP contribution < -0.4 is 15.2 Å². The first-order chi connectivity index (χ1) is 28.3.